The Bertz CT molecular complexity index is 305. The molecular formula is C11H16OS. The van der Waals surface area contributed by atoms with Crippen molar-refractivity contribution in [1.82, 2.24) is 0 Å². The highest BCUT2D eigenvalue weighted by Gasteiger charge is 2.53. The SMILES string of the molecule is CCCC1CC1(O)c1cscc1C. The quantitative estimate of drug-likeness (QED) is 0.787. The fourth-order valence-electron chi connectivity index (χ4n) is 2.14. The topological polar surface area (TPSA) is 20.2 Å². The standard InChI is InChI=1S/C11H16OS/c1-3-4-9-5-11(9,12)10-7-13-6-8(10)2/h6-7,9,12H,3-5H2,1-2H3. The van der Waals surface area contributed by atoms with Gasteiger partial charge in [-0.05, 0) is 47.6 Å². The molecule has 1 N–H and O–H groups in total. The molecule has 1 nitrogen and oxygen atoms in total. The number of rotatable bonds is 3. The van der Waals surface area contributed by atoms with E-state index in [1.807, 2.05) is 0 Å². The van der Waals surface area contributed by atoms with Crippen molar-refractivity contribution in [2.45, 2.75) is 38.7 Å². The molecule has 2 heteroatoms. The molecule has 0 aliphatic heterocycles. The summed E-state index contributed by atoms with van der Waals surface area (Å²) in [4.78, 5) is 0. The molecule has 0 aromatic carbocycles. The van der Waals surface area contributed by atoms with Gasteiger partial charge in [0.05, 0.1) is 5.60 Å². The molecule has 1 aliphatic rings. The average molecular weight is 196 g/mol. The van der Waals surface area contributed by atoms with Crippen molar-refractivity contribution in [1.29, 1.82) is 0 Å². The Morgan fingerprint density at radius 3 is 2.92 bits per heavy atom. The van der Waals surface area contributed by atoms with Crippen LogP contribution in [-0.2, 0) is 5.60 Å². The Balaban J connectivity index is 2.15. The van der Waals surface area contributed by atoms with E-state index in [0.29, 0.717) is 5.92 Å². The number of aryl methyl sites for hydroxylation is 1. The van der Waals surface area contributed by atoms with Crippen LogP contribution in [0.5, 0.6) is 0 Å². The van der Waals surface area contributed by atoms with Gasteiger partial charge in [-0.3, -0.25) is 0 Å². The lowest BCUT2D eigenvalue weighted by Crippen LogP contribution is -2.08. The summed E-state index contributed by atoms with van der Waals surface area (Å²) in [5.74, 6) is 0.519. The molecule has 1 aliphatic carbocycles. The first-order chi connectivity index (χ1) is 6.18. The Morgan fingerprint density at radius 1 is 1.62 bits per heavy atom. The Kier molecular flexibility index (Phi) is 2.20. The molecule has 1 fully saturated rings. The van der Waals surface area contributed by atoms with Crippen molar-refractivity contribution < 1.29 is 5.11 Å². The summed E-state index contributed by atoms with van der Waals surface area (Å²) in [5, 5.41) is 14.5. The van der Waals surface area contributed by atoms with E-state index in [-0.39, 0.29) is 0 Å². The van der Waals surface area contributed by atoms with E-state index in [1.165, 1.54) is 17.5 Å². The van der Waals surface area contributed by atoms with Gasteiger partial charge in [-0.2, -0.15) is 11.3 Å². The summed E-state index contributed by atoms with van der Waals surface area (Å²) in [7, 11) is 0. The van der Waals surface area contributed by atoms with Crippen LogP contribution in [-0.4, -0.2) is 5.11 Å². The van der Waals surface area contributed by atoms with Gasteiger partial charge in [-0.25, -0.2) is 0 Å². The van der Waals surface area contributed by atoms with Gasteiger partial charge >= 0.3 is 0 Å². The smallest absolute Gasteiger partial charge is 0.0940 e. The van der Waals surface area contributed by atoms with E-state index >= 15 is 0 Å². The Labute approximate surface area is 83.4 Å². The zero-order valence-corrected chi connectivity index (χ0v) is 9.03. The van der Waals surface area contributed by atoms with Crippen LogP contribution in [0.25, 0.3) is 0 Å². The van der Waals surface area contributed by atoms with E-state index in [4.69, 9.17) is 0 Å². The Morgan fingerprint density at radius 2 is 2.38 bits per heavy atom. The van der Waals surface area contributed by atoms with Gasteiger partial charge in [0.15, 0.2) is 0 Å². The van der Waals surface area contributed by atoms with Crippen LogP contribution in [0, 0.1) is 12.8 Å². The third kappa shape index (κ3) is 1.42. The summed E-state index contributed by atoms with van der Waals surface area (Å²) < 4.78 is 0. The van der Waals surface area contributed by atoms with E-state index < -0.39 is 5.60 Å². The second kappa shape index (κ2) is 3.10. The van der Waals surface area contributed by atoms with Crippen LogP contribution in [0.15, 0.2) is 10.8 Å². The second-order valence-corrected chi connectivity index (χ2v) is 4.83. The van der Waals surface area contributed by atoms with Crippen LogP contribution in [0.4, 0.5) is 0 Å². The minimum Gasteiger partial charge on any atom is -0.385 e. The summed E-state index contributed by atoms with van der Waals surface area (Å²) in [6, 6.07) is 0. The minimum atomic E-state index is -0.458. The predicted octanol–water partition coefficient (Wildman–Crippen LogP) is 3.06. The zero-order chi connectivity index (χ0) is 9.47. The van der Waals surface area contributed by atoms with Crippen molar-refractivity contribution >= 4 is 11.3 Å². The molecule has 2 unspecified atom stereocenters. The van der Waals surface area contributed by atoms with E-state index in [9.17, 15) is 5.11 Å². The van der Waals surface area contributed by atoms with Gasteiger partial charge in [0.1, 0.15) is 0 Å². The lowest BCUT2D eigenvalue weighted by atomic mass is 10.0. The summed E-state index contributed by atoms with van der Waals surface area (Å²) in [6.07, 6.45) is 3.31. The molecule has 1 saturated carbocycles. The first-order valence-electron chi connectivity index (χ1n) is 4.94. The van der Waals surface area contributed by atoms with Gasteiger partial charge in [-0.15, -0.1) is 0 Å². The molecule has 1 aromatic rings. The van der Waals surface area contributed by atoms with Crippen LogP contribution >= 0.6 is 11.3 Å². The van der Waals surface area contributed by atoms with Crippen molar-refractivity contribution in [3.05, 3.63) is 21.9 Å². The maximum atomic E-state index is 10.3. The second-order valence-electron chi connectivity index (χ2n) is 4.08. The predicted molar refractivity (Wildman–Crippen MR) is 56.0 cm³/mol. The van der Waals surface area contributed by atoms with Gasteiger partial charge in [0.25, 0.3) is 0 Å². The van der Waals surface area contributed by atoms with Crippen LogP contribution in [0.3, 0.4) is 0 Å². The van der Waals surface area contributed by atoms with Crippen LogP contribution in [0.1, 0.15) is 37.3 Å². The zero-order valence-electron chi connectivity index (χ0n) is 8.21. The van der Waals surface area contributed by atoms with E-state index in [0.717, 1.165) is 12.8 Å². The maximum Gasteiger partial charge on any atom is 0.0940 e. The molecule has 2 atom stereocenters. The average Bonchev–Trinajstić information content (AvgIpc) is 2.56. The highest BCUT2D eigenvalue weighted by molar-refractivity contribution is 7.08. The van der Waals surface area contributed by atoms with Gasteiger partial charge in [-0.1, -0.05) is 13.3 Å². The first kappa shape index (κ1) is 9.22. The maximum absolute atomic E-state index is 10.3. The molecule has 0 amide bonds. The van der Waals surface area contributed by atoms with Crippen molar-refractivity contribution in [2.75, 3.05) is 0 Å². The molecular weight excluding hydrogens is 180 g/mol. The normalized spacial score (nSPS) is 32.1. The van der Waals surface area contributed by atoms with Crippen LogP contribution in [0.2, 0.25) is 0 Å². The highest BCUT2D eigenvalue weighted by atomic mass is 32.1. The minimum absolute atomic E-state index is 0.458. The third-order valence-electron chi connectivity index (χ3n) is 3.03. The van der Waals surface area contributed by atoms with Crippen molar-refractivity contribution in [3.8, 4) is 0 Å². The van der Waals surface area contributed by atoms with Crippen molar-refractivity contribution in [2.24, 2.45) is 5.92 Å². The fourth-order valence-corrected chi connectivity index (χ4v) is 3.07. The third-order valence-corrected chi connectivity index (χ3v) is 3.89. The number of aliphatic hydroxyl groups is 1. The summed E-state index contributed by atoms with van der Waals surface area (Å²) >= 11 is 1.69. The molecule has 0 radical (unpaired) electrons. The van der Waals surface area contributed by atoms with Crippen molar-refractivity contribution in [3.63, 3.8) is 0 Å². The lowest BCUT2D eigenvalue weighted by Gasteiger charge is -2.09. The summed E-state index contributed by atoms with van der Waals surface area (Å²) in [5.41, 5.74) is 1.97. The molecule has 2 rings (SSSR count). The number of hydrogen-bond donors (Lipinski definition) is 1. The van der Waals surface area contributed by atoms with Gasteiger partial charge < -0.3 is 5.11 Å². The number of thiophene rings is 1. The molecule has 0 bridgehead atoms. The molecule has 0 spiro atoms. The monoisotopic (exact) mass is 196 g/mol. The molecule has 13 heavy (non-hydrogen) atoms. The lowest BCUT2D eigenvalue weighted by molar-refractivity contribution is 0.129. The molecule has 1 heterocycles. The first-order valence-corrected chi connectivity index (χ1v) is 5.88. The van der Waals surface area contributed by atoms with Gasteiger partial charge in [0.2, 0.25) is 0 Å². The largest absolute Gasteiger partial charge is 0.385 e. The van der Waals surface area contributed by atoms with Gasteiger partial charge in [0, 0.05) is 0 Å². The van der Waals surface area contributed by atoms with E-state index in [1.54, 1.807) is 11.3 Å². The fraction of sp³-hybridized carbons (Fsp3) is 0.636. The number of hydrogen-bond acceptors (Lipinski definition) is 2. The molecule has 0 saturated heterocycles. The molecule has 1 aromatic heterocycles. The van der Waals surface area contributed by atoms with Crippen LogP contribution < -0.4 is 0 Å². The highest BCUT2D eigenvalue weighted by Crippen LogP contribution is 2.55. The van der Waals surface area contributed by atoms with E-state index in [2.05, 4.69) is 24.6 Å². The summed E-state index contributed by atoms with van der Waals surface area (Å²) in [6.45, 7) is 4.27. The molecule has 72 valence electrons. The Hall–Kier alpha value is -0.340.